The summed E-state index contributed by atoms with van der Waals surface area (Å²) in [6, 6.07) is 1.70. The van der Waals surface area contributed by atoms with Crippen molar-refractivity contribution in [2.24, 2.45) is 11.1 Å². The predicted octanol–water partition coefficient (Wildman–Crippen LogP) is 2.27. The van der Waals surface area contributed by atoms with Gasteiger partial charge >= 0.3 is 5.69 Å². The van der Waals surface area contributed by atoms with Crippen LogP contribution in [-0.4, -0.2) is 45.0 Å². The van der Waals surface area contributed by atoms with Gasteiger partial charge in [-0.25, -0.2) is 9.78 Å². The number of carbonyl (C=O) groups excluding carboxylic acids is 1. The van der Waals surface area contributed by atoms with Gasteiger partial charge in [0.05, 0.1) is 10.9 Å². The van der Waals surface area contributed by atoms with Gasteiger partial charge in [0.2, 0.25) is 0 Å². The number of nitrogens with two attached hydrogens (primary N) is 1. The average molecular weight is 460 g/mol. The number of aromatic amines is 1. The Hall–Kier alpha value is -1.90. The van der Waals surface area contributed by atoms with Gasteiger partial charge in [0.25, 0.3) is 11.5 Å². The molecule has 3 N–H and O–H groups in total. The third kappa shape index (κ3) is 4.71. The third-order valence-corrected chi connectivity index (χ3v) is 5.58. The number of rotatable bonds is 5. The van der Waals surface area contributed by atoms with Crippen LogP contribution in [-0.2, 0) is 6.54 Å². The molecule has 1 saturated heterocycles. The molecule has 3 rings (SSSR count). The fraction of sp³-hybridized carbons (Fsp3) is 0.600. The molecule has 0 saturated carbocycles. The summed E-state index contributed by atoms with van der Waals surface area (Å²) in [5.41, 5.74) is 5.97. The number of aromatic nitrogens is 3. The summed E-state index contributed by atoms with van der Waals surface area (Å²) in [6.45, 7) is 10.0. The molecule has 1 atom stereocenters. The highest BCUT2D eigenvalue weighted by molar-refractivity contribution is 6.05. The van der Waals surface area contributed by atoms with Crippen molar-refractivity contribution in [2.75, 3.05) is 19.6 Å². The number of amides is 1. The predicted molar refractivity (Wildman–Crippen MR) is 123 cm³/mol. The molecule has 1 aliphatic heterocycles. The maximum atomic E-state index is 13.4. The van der Waals surface area contributed by atoms with Gasteiger partial charge in [0.15, 0.2) is 5.65 Å². The highest BCUT2D eigenvalue weighted by atomic mass is 35.5. The van der Waals surface area contributed by atoms with E-state index < -0.39 is 11.2 Å². The van der Waals surface area contributed by atoms with Crippen LogP contribution < -0.4 is 17.0 Å². The Labute approximate surface area is 188 Å². The second-order valence-corrected chi connectivity index (χ2v) is 8.35. The van der Waals surface area contributed by atoms with E-state index in [1.807, 2.05) is 20.8 Å². The zero-order valence-electron chi connectivity index (χ0n) is 17.9. The molecule has 10 heteroatoms. The summed E-state index contributed by atoms with van der Waals surface area (Å²) in [7, 11) is 0. The van der Waals surface area contributed by atoms with Crippen molar-refractivity contribution in [3.8, 4) is 0 Å². The highest BCUT2D eigenvalue weighted by Gasteiger charge is 2.36. The van der Waals surface area contributed by atoms with Gasteiger partial charge in [-0.15, -0.1) is 24.8 Å². The molecular weight excluding hydrogens is 429 g/mol. The molecule has 0 spiro atoms. The van der Waals surface area contributed by atoms with E-state index in [9.17, 15) is 14.4 Å². The first-order valence-corrected chi connectivity index (χ1v) is 9.88. The minimum absolute atomic E-state index is 0. The number of aryl methyl sites for hydroxylation is 1. The summed E-state index contributed by atoms with van der Waals surface area (Å²) in [4.78, 5) is 47.1. The van der Waals surface area contributed by atoms with Gasteiger partial charge in [0, 0.05) is 25.3 Å². The average Bonchev–Trinajstić information content (AvgIpc) is 3.06. The molecule has 0 bridgehead atoms. The molecule has 2 aromatic heterocycles. The van der Waals surface area contributed by atoms with Crippen LogP contribution in [0, 0.1) is 5.41 Å². The first-order chi connectivity index (χ1) is 13.2. The Morgan fingerprint density at radius 3 is 2.53 bits per heavy atom. The van der Waals surface area contributed by atoms with Crippen molar-refractivity contribution in [1.82, 2.24) is 19.4 Å². The first-order valence-electron chi connectivity index (χ1n) is 9.88. The molecule has 1 fully saturated rings. The molecule has 2 aromatic rings. The zero-order valence-corrected chi connectivity index (χ0v) is 19.5. The van der Waals surface area contributed by atoms with Crippen LogP contribution in [0.25, 0.3) is 11.0 Å². The second-order valence-electron chi connectivity index (χ2n) is 8.35. The number of carbonyl (C=O) groups is 1. The van der Waals surface area contributed by atoms with Crippen LogP contribution in [0.5, 0.6) is 0 Å². The van der Waals surface area contributed by atoms with Gasteiger partial charge in [-0.3, -0.25) is 19.1 Å². The highest BCUT2D eigenvalue weighted by Crippen LogP contribution is 2.30. The van der Waals surface area contributed by atoms with Crippen LogP contribution in [0.2, 0.25) is 0 Å². The van der Waals surface area contributed by atoms with Crippen LogP contribution in [0.15, 0.2) is 15.7 Å². The van der Waals surface area contributed by atoms with Crippen LogP contribution in [0.4, 0.5) is 0 Å². The molecule has 168 valence electrons. The van der Waals surface area contributed by atoms with Crippen molar-refractivity contribution in [3.63, 3.8) is 0 Å². The van der Waals surface area contributed by atoms with Crippen molar-refractivity contribution in [1.29, 1.82) is 0 Å². The maximum absolute atomic E-state index is 13.4. The summed E-state index contributed by atoms with van der Waals surface area (Å²) in [5, 5.41) is 0.184. The number of nitrogens with one attached hydrogen (secondary N) is 1. The van der Waals surface area contributed by atoms with E-state index in [4.69, 9.17) is 5.73 Å². The molecule has 0 radical (unpaired) electrons. The number of nitrogens with zero attached hydrogens (tertiary/aromatic N) is 3. The number of fused-ring (bicyclic) bond motifs is 1. The Balaban J connectivity index is 0.00000225. The van der Waals surface area contributed by atoms with E-state index in [1.54, 1.807) is 11.0 Å². The topological polar surface area (TPSA) is 114 Å². The smallest absolute Gasteiger partial charge is 0.329 e. The monoisotopic (exact) mass is 459 g/mol. The lowest BCUT2D eigenvalue weighted by molar-refractivity contribution is 0.0778. The fourth-order valence-electron chi connectivity index (χ4n) is 3.72. The van der Waals surface area contributed by atoms with Gasteiger partial charge in [-0.05, 0) is 36.8 Å². The molecule has 1 amide bonds. The van der Waals surface area contributed by atoms with Crippen LogP contribution >= 0.6 is 24.8 Å². The number of halogens is 2. The van der Waals surface area contributed by atoms with E-state index in [0.717, 1.165) is 6.42 Å². The quantitative estimate of drug-likeness (QED) is 0.711. The molecule has 1 unspecified atom stereocenters. The Morgan fingerprint density at radius 2 is 2.00 bits per heavy atom. The normalized spacial score (nSPS) is 18.4. The van der Waals surface area contributed by atoms with Gasteiger partial charge < -0.3 is 10.6 Å². The van der Waals surface area contributed by atoms with Crippen molar-refractivity contribution in [3.05, 3.63) is 38.2 Å². The van der Waals surface area contributed by atoms with E-state index in [2.05, 4.69) is 16.9 Å². The lowest BCUT2D eigenvalue weighted by Crippen LogP contribution is -2.36. The van der Waals surface area contributed by atoms with Crippen LogP contribution in [0.1, 0.15) is 62.5 Å². The molecular formula is C20H31Cl2N5O3. The molecule has 1 aliphatic rings. The second kappa shape index (κ2) is 9.94. The van der Waals surface area contributed by atoms with Crippen molar-refractivity contribution >= 4 is 41.8 Å². The number of hydrogen-bond acceptors (Lipinski definition) is 5. The van der Waals surface area contributed by atoms with E-state index in [-0.39, 0.29) is 53.1 Å². The number of pyridine rings is 1. The minimum Gasteiger partial charge on any atom is -0.338 e. The first kappa shape index (κ1) is 26.1. The summed E-state index contributed by atoms with van der Waals surface area (Å²) < 4.78 is 1.45. The summed E-state index contributed by atoms with van der Waals surface area (Å²) >= 11 is 0. The lowest BCUT2D eigenvalue weighted by Gasteiger charge is -2.23. The van der Waals surface area contributed by atoms with Gasteiger partial charge in [-0.2, -0.15) is 0 Å². The maximum Gasteiger partial charge on any atom is 0.329 e. The molecule has 3 heterocycles. The van der Waals surface area contributed by atoms with E-state index >= 15 is 0 Å². The Morgan fingerprint density at radius 1 is 1.33 bits per heavy atom. The van der Waals surface area contributed by atoms with E-state index in [1.165, 1.54) is 4.57 Å². The Bertz CT molecular complexity index is 1030. The Kier molecular flexibility index (Phi) is 8.66. The number of hydrogen-bond donors (Lipinski definition) is 2. The molecule has 0 aliphatic carbocycles. The standard InChI is InChI=1S/C20H29N5O3.2ClH/c1-5-7-25-16-15(17(26)23-19(25)28)13(9-14(22-16)12(2)3)18(27)24-8-6-20(4,10-21)11-24;;/h9,12H,5-8,10-11,21H2,1-4H3,(H,23,26,28);2*1H. The SMILES string of the molecule is CCCn1c(=O)[nH]c(=O)c2c(C(=O)N3CCC(C)(CN)C3)cc(C(C)C)nc21.Cl.Cl. The van der Waals surface area contributed by atoms with Gasteiger partial charge in [-0.1, -0.05) is 27.7 Å². The zero-order chi connectivity index (χ0) is 20.6. The molecule has 0 aromatic carbocycles. The number of H-pyrrole nitrogens is 1. The van der Waals surface area contributed by atoms with Crippen molar-refractivity contribution < 1.29 is 4.79 Å². The molecule has 30 heavy (non-hydrogen) atoms. The van der Waals surface area contributed by atoms with E-state index in [0.29, 0.717) is 43.9 Å². The number of likely N-dealkylation sites (tertiary alicyclic amines) is 1. The fourth-order valence-corrected chi connectivity index (χ4v) is 3.72. The summed E-state index contributed by atoms with van der Waals surface area (Å²) in [5.74, 6) is -0.160. The summed E-state index contributed by atoms with van der Waals surface area (Å²) in [6.07, 6.45) is 1.53. The van der Waals surface area contributed by atoms with Gasteiger partial charge in [0.1, 0.15) is 0 Å². The minimum atomic E-state index is -0.570. The largest absolute Gasteiger partial charge is 0.338 e. The molecule has 8 nitrogen and oxygen atoms in total. The lowest BCUT2D eigenvalue weighted by atomic mass is 9.90. The van der Waals surface area contributed by atoms with Crippen LogP contribution in [0.3, 0.4) is 0 Å². The van der Waals surface area contributed by atoms with Crippen molar-refractivity contribution in [2.45, 2.75) is 53.0 Å². The third-order valence-electron chi connectivity index (χ3n) is 5.58.